The minimum atomic E-state index is -0.322. The van der Waals surface area contributed by atoms with E-state index in [4.69, 9.17) is 14.4 Å². The molecule has 11 rings (SSSR count). The molecule has 0 spiro atoms. The van der Waals surface area contributed by atoms with Gasteiger partial charge in [0.1, 0.15) is 16.9 Å². The first kappa shape index (κ1) is 26.8. The van der Waals surface area contributed by atoms with E-state index in [9.17, 15) is 0 Å². The van der Waals surface area contributed by atoms with Crippen LogP contribution in [0.15, 0.2) is 144 Å². The number of rotatable bonds is 2. The maximum Gasteiger partial charge on any atom is 0.165 e. The molecule has 1 aliphatic rings. The first-order valence-corrected chi connectivity index (χ1v) is 16.8. The largest absolute Gasteiger partial charge is 0.455 e. The Morgan fingerprint density at radius 3 is 2.10 bits per heavy atom. The zero-order chi connectivity index (χ0) is 32.4. The first-order valence-electron chi connectivity index (χ1n) is 16.8. The molecule has 3 aromatic heterocycles. The standard InChI is InChI=1S/C45H29N3O/c1-45(2)36-20-9-7-17-33(36)39-43(45)46-40(34-19-11-18-32-30-16-8-10-21-38(30)49-42(32)34)44(47-39)48-37-25-28-14-4-3-13-27(28)24-35(37)31-23-22-26-12-5-6-15-29(26)41(31)48/h3-25H,1-2H3. The molecule has 230 valence electrons. The zero-order valence-electron chi connectivity index (χ0n) is 27.0. The molecule has 7 aromatic carbocycles. The zero-order valence-corrected chi connectivity index (χ0v) is 27.0. The predicted octanol–water partition coefficient (Wildman–Crippen LogP) is 11.8. The molecule has 10 aromatic rings. The van der Waals surface area contributed by atoms with Crippen LogP contribution in [0.1, 0.15) is 25.1 Å². The molecule has 0 saturated carbocycles. The maximum atomic E-state index is 6.67. The number of furan rings is 1. The van der Waals surface area contributed by atoms with Gasteiger partial charge < -0.3 is 4.42 Å². The second-order valence-electron chi connectivity index (χ2n) is 13.8. The minimum absolute atomic E-state index is 0.322. The lowest BCUT2D eigenvalue weighted by molar-refractivity contribution is 0.634. The highest BCUT2D eigenvalue weighted by molar-refractivity contribution is 6.21. The van der Waals surface area contributed by atoms with E-state index in [0.29, 0.717) is 0 Å². The van der Waals surface area contributed by atoms with Crippen LogP contribution in [0.3, 0.4) is 0 Å². The molecule has 0 fully saturated rings. The number of aromatic nitrogens is 3. The van der Waals surface area contributed by atoms with Crippen molar-refractivity contribution in [1.82, 2.24) is 14.5 Å². The lowest BCUT2D eigenvalue weighted by Crippen LogP contribution is -2.18. The normalized spacial score (nSPS) is 13.7. The molecule has 0 bridgehead atoms. The van der Waals surface area contributed by atoms with Gasteiger partial charge in [-0.3, -0.25) is 4.57 Å². The van der Waals surface area contributed by atoms with Gasteiger partial charge in [0.15, 0.2) is 5.82 Å². The van der Waals surface area contributed by atoms with E-state index in [2.05, 4.69) is 146 Å². The molecular weight excluding hydrogens is 599 g/mol. The molecule has 0 N–H and O–H groups in total. The maximum absolute atomic E-state index is 6.67. The molecule has 0 amide bonds. The third kappa shape index (κ3) is 3.53. The highest BCUT2D eigenvalue weighted by Gasteiger charge is 2.39. The summed E-state index contributed by atoms with van der Waals surface area (Å²) in [5.74, 6) is 0.797. The van der Waals surface area contributed by atoms with Crippen molar-refractivity contribution >= 4 is 65.3 Å². The van der Waals surface area contributed by atoms with Crippen molar-refractivity contribution in [2.24, 2.45) is 0 Å². The predicted molar refractivity (Wildman–Crippen MR) is 202 cm³/mol. The third-order valence-electron chi connectivity index (χ3n) is 10.7. The van der Waals surface area contributed by atoms with Crippen molar-refractivity contribution in [3.8, 4) is 28.3 Å². The Balaban J connectivity index is 1.36. The van der Waals surface area contributed by atoms with Gasteiger partial charge >= 0.3 is 0 Å². The van der Waals surface area contributed by atoms with Crippen LogP contribution in [-0.2, 0) is 5.41 Å². The van der Waals surface area contributed by atoms with Crippen molar-refractivity contribution in [3.63, 3.8) is 0 Å². The number of hydrogen-bond acceptors (Lipinski definition) is 3. The number of benzene rings is 7. The fourth-order valence-corrected chi connectivity index (χ4v) is 8.37. The Hall–Kier alpha value is -6.26. The van der Waals surface area contributed by atoms with Gasteiger partial charge in [0.05, 0.1) is 22.4 Å². The quantitative estimate of drug-likeness (QED) is 0.192. The van der Waals surface area contributed by atoms with Crippen molar-refractivity contribution in [2.75, 3.05) is 0 Å². The van der Waals surface area contributed by atoms with E-state index < -0.39 is 0 Å². The molecule has 0 saturated heterocycles. The number of nitrogens with zero attached hydrogens (tertiary/aromatic N) is 3. The molecule has 0 aliphatic heterocycles. The summed E-state index contributed by atoms with van der Waals surface area (Å²) in [4.78, 5) is 11.4. The van der Waals surface area contributed by atoms with Gasteiger partial charge in [0.25, 0.3) is 0 Å². The first-order chi connectivity index (χ1) is 24.1. The molecule has 0 radical (unpaired) electrons. The fraction of sp³-hybridized carbons (Fsp3) is 0.0667. The molecular formula is C45H29N3O. The summed E-state index contributed by atoms with van der Waals surface area (Å²) >= 11 is 0. The van der Waals surface area contributed by atoms with E-state index in [0.717, 1.165) is 67.0 Å². The van der Waals surface area contributed by atoms with Crippen LogP contribution in [0.25, 0.3) is 93.6 Å². The summed E-state index contributed by atoms with van der Waals surface area (Å²) in [6.07, 6.45) is 0. The molecule has 4 heteroatoms. The van der Waals surface area contributed by atoms with Crippen LogP contribution in [0.2, 0.25) is 0 Å². The van der Waals surface area contributed by atoms with Crippen LogP contribution in [0.4, 0.5) is 0 Å². The topological polar surface area (TPSA) is 43.9 Å². The second kappa shape index (κ2) is 9.42. The van der Waals surface area contributed by atoms with Gasteiger partial charge in [-0.2, -0.15) is 0 Å². The van der Waals surface area contributed by atoms with Gasteiger partial charge in [-0.05, 0) is 46.0 Å². The van der Waals surface area contributed by atoms with Gasteiger partial charge in [0.2, 0.25) is 0 Å². The number of hydrogen-bond donors (Lipinski definition) is 0. The van der Waals surface area contributed by atoms with Crippen LogP contribution in [0.5, 0.6) is 0 Å². The fourth-order valence-electron chi connectivity index (χ4n) is 8.37. The van der Waals surface area contributed by atoms with Crippen molar-refractivity contribution in [2.45, 2.75) is 19.3 Å². The SMILES string of the molecule is CC1(C)c2ccccc2-c2nc(-n3c4cc5ccccc5cc4c4ccc5ccccc5c43)c(-c3cccc4c3oc3ccccc34)nc21. The monoisotopic (exact) mass is 627 g/mol. The molecule has 0 atom stereocenters. The Morgan fingerprint density at radius 1 is 0.531 bits per heavy atom. The molecule has 49 heavy (non-hydrogen) atoms. The highest BCUT2D eigenvalue weighted by Crippen LogP contribution is 2.50. The summed E-state index contributed by atoms with van der Waals surface area (Å²) in [5, 5.41) is 9.31. The summed E-state index contributed by atoms with van der Waals surface area (Å²) in [6.45, 7) is 4.52. The Labute approximate surface area is 281 Å². The van der Waals surface area contributed by atoms with E-state index in [1.54, 1.807) is 0 Å². The number of fused-ring (bicyclic) bond motifs is 12. The summed E-state index contributed by atoms with van der Waals surface area (Å²) in [6, 6.07) is 49.7. The Kier molecular flexibility index (Phi) is 5.15. The van der Waals surface area contributed by atoms with Gasteiger partial charge in [-0.15, -0.1) is 0 Å². The van der Waals surface area contributed by atoms with Crippen LogP contribution in [-0.4, -0.2) is 14.5 Å². The van der Waals surface area contributed by atoms with Crippen molar-refractivity contribution < 1.29 is 4.42 Å². The second-order valence-corrected chi connectivity index (χ2v) is 13.8. The van der Waals surface area contributed by atoms with Crippen LogP contribution < -0.4 is 0 Å². The molecule has 1 aliphatic carbocycles. The van der Waals surface area contributed by atoms with Gasteiger partial charge in [0, 0.05) is 43.5 Å². The molecule has 3 heterocycles. The van der Waals surface area contributed by atoms with E-state index in [-0.39, 0.29) is 5.41 Å². The summed E-state index contributed by atoms with van der Waals surface area (Å²) in [7, 11) is 0. The minimum Gasteiger partial charge on any atom is -0.455 e. The highest BCUT2D eigenvalue weighted by atomic mass is 16.3. The Morgan fingerprint density at radius 2 is 1.22 bits per heavy atom. The molecule has 4 nitrogen and oxygen atoms in total. The summed E-state index contributed by atoms with van der Waals surface area (Å²) < 4.78 is 9.04. The lowest BCUT2D eigenvalue weighted by Gasteiger charge is -2.21. The van der Waals surface area contributed by atoms with Crippen LogP contribution >= 0.6 is 0 Å². The lowest BCUT2D eigenvalue weighted by atomic mass is 9.85. The molecule has 0 unspecified atom stereocenters. The van der Waals surface area contributed by atoms with E-state index in [1.807, 2.05) is 12.1 Å². The smallest absolute Gasteiger partial charge is 0.165 e. The third-order valence-corrected chi connectivity index (χ3v) is 10.7. The van der Waals surface area contributed by atoms with E-state index in [1.165, 1.54) is 37.9 Å². The average molecular weight is 628 g/mol. The summed E-state index contributed by atoms with van der Waals surface area (Å²) in [5.41, 5.74) is 9.64. The van der Waals surface area contributed by atoms with Crippen molar-refractivity contribution in [3.05, 3.63) is 151 Å². The van der Waals surface area contributed by atoms with Crippen molar-refractivity contribution in [1.29, 1.82) is 0 Å². The average Bonchev–Trinajstić information content (AvgIpc) is 3.76. The number of para-hydroxylation sites is 2. The van der Waals surface area contributed by atoms with Gasteiger partial charge in [-0.25, -0.2) is 9.97 Å². The van der Waals surface area contributed by atoms with Crippen LogP contribution in [0, 0.1) is 0 Å². The Bertz CT molecular complexity index is 3030. The van der Waals surface area contributed by atoms with Gasteiger partial charge in [-0.1, -0.05) is 129 Å². The van der Waals surface area contributed by atoms with E-state index >= 15 is 0 Å².